The Kier molecular flexibility index (Phi) is 5.09. The van der Waals surface area contributed by atoms with Crippen LogP contribution in [0.1, 0.15) is 50.5 Å². The van der Waals surface area contributed by atoms with E-state index in [0.717, 1.165) is 18.5 Å². The normalized spacial score (nSPS) is 11.9. The number of rotatable bonds is 5. The second-order valence-corrected chi connectivity index (χ2v) is 6.13. The van der Waals surface area contributed by atoms with Crippen molar-refractivity contribution in [2.75, 3.05) is 6.54 Å². The topological polar surface area (TPSA) is 29.1 Å². The van der Waals surface area contributed by atoms with Gasteiger partial charge in [0.1, 0.15) is 0 Å². The zero-order valence-electron chi connectivity index (χ0n) is 12.2. The van der Waals surface area contributed by atoms with Crippen molar-refractivity contribution in [3.05, 3.63) is 35.4 Å². The molecular weight excluding hydrogens is 222 g/mol. The summed E-state index contributed by atoms with van der Waals surface area (Å²) in [6.45, 7) is 11.1. The maximum Gasteiger partial charge on any atom is 0.168 e. The molecule has 0 heterocycles. The van der Waals surface area contributed by atoms with Gasteiger partial charge in [0.2, 0.25) is 0 Å². The molecule has 0 unspecified atom stereocenters. The molecule has 1 N–H and O–H groups in total. The van der Waals surface area contributed by atoms with Crippen LogP contribution in [0.25, 0.3) is 0 Å². The van der Waals surface area contributed by atoms with E-state index in [1.54, 1.807) is 0 Å². The second-order valence-electron chi connectivity index (χ2n) is 6.13. The number of hydrogen-bond donors (Lipinski definition) is 1. The lowest BCUT2D eigenvalue weighted by Gasteiger charge is -2.16. The largest absolute Gasteiger partial charge is 0.314 e. The van der Waals surface area contributed by atoms with Crippen LogP contribution in [-0.2, 0) is 6.42 Å². The summed E-state index contributed by atoms with van der Waals surface area (Å²) in [4.78, 5) is 12.1. The van der Waals surface area contributed by atoms with Gasteiger partial charge in [-0.25, -0.2) is 0 Å². The molecule has 0 aliphatic carbocycles. The van der Waals surface area contributed by atoms with Crippen LogP contribution in [0.15, 0.2) is 24.3 Å². The van der Waals surface area contributed by atoms with Gasteiger partial charge < -0.3 is 5.32 Å². The SMILES string of the molecule is CC(C)NCCc1ccc(C(=O)C(C)(C)C)cc1. The lowest BCUT2D eigenvalue weighted by Crippen LogP contribution is -2.25. The summed E-state index contributed by atoms with van der Waals surface area (Å²) in [5, 5.41) is 3.39. The Morgan fingerprint density at radius 2 is 1.72 bits per heavy atom. The van der Waals surface area contributed by atoms with Crippen LogP contribution in [0.4, 0.5) is 0 Å². The van der Waals surface area contributed by atoms with Crippen LogP contribution in [0.5, 0.6) is 0 Å². The monoisotopic (exact) mass is 247 g/mol. The molecule has 0 spiro atoms. The number of carbonyl (C=O) groups is 1. The average Bonchev–Trinajstić information content (AvgIpc) is 2.27. The molecule has 0 saturated carbocycles. The van der Waals surface area contributed by atoms with Crippen molar-refractivity contribution in [2.24, 2.45) is 5.41 Å². The van der Waals surface area contributed by atoms with Crippen molar-refractivity contribution in [3.8, 4) is 0 Å². The molecule has 0 saturated heterocycles. The van der Waals surface area contributed by atoms with Crippen molar-refractivity contribution in [3.63, 3.8) is 0 Å². The molecule has 0 aliphatic rings. The molecule has 2 nitrogen and oxygen atoms in total. The molecule has 0 radical (unpaired) electrons. The third-order valence-electron chi connectivity index (χ3n) is 2.86. The summed E-state index contributed by atoms with van der Waals surface area (Å²) in [5.41, 5.74) is 1.78. The number of nitrogens with one attached hydrogen (secondary N) is 1. The lowest BCUT2D eigenvalue weighted by atomic mass is 9.86. The summed E-state index contributed by atoms with van der Waals surface area (Å²) in [6, 6.07) is 8.52. The molecule has 0 fully saturated rings. The Morgan fingerprint density at radius 3 is 2.17 bits per heavy atom. The minimum atomic E-state index is -0.305. The molecule has 100 valence electrons. The van der Waals surface area contributed by atoms with Crippen LogP contribution in [0.3, 0.4) is 0 Å². The van der Waals surface area contributed by atoms with Gasteiger partial charge >= 0.3 is 0 Å². The van der Waals surface area contributed by atoms with E-state index < -0.39 is 0 Å². The van der Waals surface area contributed by atoms with Crippen LogP contribution < -0.4 is 5.32 Å². The van der Waals surface area contributed by atoms with Crippen LogP contribution in [-0.4, -0.2) is 18.4 Å². The first kappa shape index (κ1) is 14.9. The van der Waals surface area contributed by atoms with Gasteiger partial charge in [-0.2, -0.15) is 0 Å². The van der Waals surface area contributed by atoms with Crippen molar-refractivity contribution in [2.45, 2.75) is 47.1 Å². The van der Waals surface area contributed by atoms with E-state index in [1.807, 2.05) is 32.9 Å². The predicted molar refractivity (Wildman–Crippen MR) is 77.1 cm³/mol. The van der Waals surface area contributed by atoms with Crippen molar-refractivity contribution < 1.29 is 4.79 Å². The molecule has 0 amide bonds. The van der Waals surface area contributed by atoms with E-state index in [9.17, 15) is 4.79 Å². The highest BCUT2D eigenvalue weighted by atomic mass is 16.1. The van der Waals surface area contributed by atoms with Gasteiger partial charge in [-0.1, -0.05) is 58.9 Å². The fourth-order valence-corrected chi connectivity index (χ4v) is 1.76. The first-order valence-electron chi connectivity index (χ1n) is 6.68. The van der Waals surface area contributed by atoms with Gasteiger partial charge in [0.25, 0.3) is 0 Å². The quantitative estimate of drug-likeness (QED) is 0.807. The van der Waals surface area contributed by atoms with E-state index in [0.29, 0.717) is 6.04 Å². The van der Waals surface area contributed by atoms with Gasteiger partial charge in [0.15, 0.2) is 5.78 Å². The highest BCUT2D eigenvalue weighted by Crippen LogP contribution is 2.20. The van der Waals surface area contributed by atoms with E-state index in [-0.39, 0.29) is 11.2 Å². The summed E-state index contributed by atoms with van der Waals surface area (Å²) in [7, 11) is 0. The van der Waals surface area contributed by atoms with E-state index in [1.165, 1.54) is 5.56 Å². The van der Waals surface area contributed by atoms with Gasteiger partial charge in [0.05, 0.1) is 0 Å². The third-order valence-corrected chi connectivity index (χ3v) is 2.86. The van der Waals surface area contributed by atoms with E-state index in [2.05, 4.69) is 31.3 Å². The molecule has 0 aromatic heterocycles. The van der Waals surface area contributed by atoms with Gasteiger partial charge in [-0.15, -0.1) is 0 Å². The standard InChI is InChI=1S/C16H25NO/c1-12(2)17-11-10-13-6-8-14(9-7-13)15(18)16(3,4)5/h6-9,12,17H,10-11H2,1-5H3. The first-order chi connectivity index (χ1) is 8.30. The smallest absolute Gasteiger partial charge is 0.168 e. The van der Waals surface area contributed by atoms with E-state index in [4.69, 9.17) is 0 Å². The maximum atomic E-state index is 12.1. The minimum Gasteiger partial charge on any atom is -0.314 e. The van der Waals surface area contributed by atoms with Crippen LogP contribution in [0.2, 0.25) is 0 Å². The number of Topliss-reactive ketones (excluding diaryl/α,β-unsaturated/α-hetero) is 1. The Balaban J connectivity index is 2.60. The third kappa shape index (κ3) is 4.61. The summed E-state index contributed by atoms with van der Waals surface area (Å²) < 4.78 is 0. The predicted octanol–water partition coefficient (Wildman–Crippen LogP) is 3.46. The van der Waals surface area contributed by atoms with Crippen LogP contribution >= 0.6 is 0 Å². The second kappa shape index (κ2) is 6.14. The summed E-state index contributed by atoms with van der Waals surface area (Å²) >= 11 is 0. The Bertz CT molecular complexity index is 385. The molecule has 1 aromatic carbocycles. The average molecular weight is 247 g/mol. The Hall–Kier alpha value is -1.15. The molecule has 0 bridgehead atoms. The van der Waals surface area contributed by atoms with Crippen molar-refractivity contribution in [1.29, 1.82) is 0 Å². The van der Waals surface area contributed by atoms with E-state index >= 15 is 0 Å². The van der Waals surface area contributed by atoms with Gasteiger partial charge in [-0.05, 0) is 18.5 Å². The molecule has 0 atom stereocenters. The Labute approximate surface area is 111 Å². The lowest BCUT2D eigenvalue weighted by molar-refractivity contribution is 0.0858. The van der Waals surface area contributed by atoms with Crippen molar-refractivity contribution in [1.82, 2.24) is 5.32 Å². The zero-order valence-corrected chi connectivity index (χ0v) is 12.2. The zero-order chi connectivity index (χ0) is 13.8. The molecule has 1 rings (SSSR count). The fraction of sp³-hybridized carbons (Fsp3) is 0.562. The Morgan fingerprint density at radius 1 is 1.17 bits per heavy atom. The molecule has 1 aromatic rings. The number of ketones is 1. The maximum absolute atomic E-state index is 12.1. The highest BCUT2D eigenvalue weighted by molar-refractivity contribution is 5.99. The van der Waals surface area contributed by atoms with Crippen molar-refractivity contribution >= 4 is 5.78 Å². The summed E-state index contributed by atoms with van der Waals surface area (Å²) in [6.07, 6.45) is 1.00. The van der Waals surface area contributed by atoms with Crippen LogP contribution in [0, 0.1) is 5.41 Å². The summed E-state index contributed by atoms with van der Waals surface area (Å²) in [5.74, 6) is 0.203. The number of benzene rings is 1. The van der Waals surface area contributed by atoms with Gasteiger partial charge in [0, 0.05) is 17.0 Å². The fourth-order valence-electron chi connectivity index (χ4n) is 1.76. The minimum absolute atomic E-state index is 0.203. The molecule has 2 heteroatoms. The van der Waals surface area contributed by atoms with Gasteiger partial charge in [-0.3, -0.25) is 4.79 Å². The molecule has 0 aliphatic heterocycles. The number of carbonyl (C=O) groups excluding carboxylic acids is 1. The first-order valence-corrected chi connectivity index (χ1v) is 6.68. The molecule has 18 heavy (non-hydrogen) atoms. The highest BCUT2D eigenvalue weighted by Gasteiger charge is 2.22. The number of hydrogen-bond acceptors (Lipinski definition) is 2. The molecular formula is C16H25NO.